The monoisotopic (exact) mass is 388 g/mol. The van der Waals surface area contributed by atoms with Gasteiger partial charge in [0, 0.05) is 25.9 Å². The standard InChI is InChI=1S/C20H24N2O4S/c1-26-17-9-7-13-22(14-17)20(23)21-19-12-6-5-8-16(19)15-27(24,25)18-10-3-2-4-11-18/h2-6,8,10-12,17H,7,9,13-15H2,1H3,(H,21,23). The van der Waals surface area contributed by atoms with Crippen LogP contribution in [0, 0.1) is 0 Å². The summed E-state index contributed by atoms with van der Waals surface area (Å²) in [4.78, 5) is 14.6. The fourth-order valence-electron chi connectivity index (χ4n) is 3.19. The number of benzene rings is 2. The summed E-state index contributed by atoms with van der Waals surface area (Å²) in [6.07, 6.45) is 1.86. The third-order valence-electron chi connectivity index (χ3n) is 4.71. The molecular formula is C20H24N2O4S. The van der Waals surface area contributed by atoms with Crippen LogP contribution in [0.2, 0.25) is 0 Å². The molecule has 3 rings (SSSR count). The molecule has 0 saturated carbocycles. The molecule has 27 heavy (non-hydrogen) atoms. The van der Waals surface area contributed by atoms with E-state index in [0.29, 0.717) is 24.3 Å². The predicted octanol–water partition coefficient (Wildman–Crippen LogP) is 3.30. The summed E-state index contributed by atoms with van der Waals surface area (Å²) in [5.41, 5.74) is 1.08. The summed E-state index contributed by atoms with van der Waals surface area (Å²) in [6, 6.07) is 15.1. The molecule has 144 valence electrons. The second-order valence-corrected chi connectivity index (χ2v) is 8.59. The molecule has 0 aliphatic carbocycles. The first-order chi connectivity index (χ1) is 13.0. The highest BCUT2D eigenvalue weighted by Crippen LogP contribution is 2.23. The van der Waals surface area contributed by atoms with Gasteiger partial charge in [0.2, 0.25) is 0 Å². The molecule has 1 N–H and O–H groups in total. The molecule has 1 fully saturated rings. The molecule has 1 aliphatic rings. The first kappa shape index (κ1) is 19.4. The quantitative estimate of drug-likeness (QED) is 0.853. The van der Waals surface area contributed by atoms with E-state index < -0.39 is 9.84 Å². The maximum absolute atomic E-state index is 12.7. The van der Waals surface area contributed by atoms with Crippen LogP contribution in [0.25, 0.3) is 0 Å². The lowest BCUT2D eigenvalue weighted by Gasteiger charge is -2.32. The Labute approximate surface area is 160 Å². The molecule has 0 aromatic heterocycles. The normalized spacial score (nSPS) is 17.5. The number of nitrogens with one attached hydrogen (secondary N) is 1. The van der Waals surface area contributed by atoms with Gasteiger partial charge in [0.15, 0.2) is 9.84 Å². The van der Waals surface area contributed by atoms with Gasteiger partial charge in [0.25, 0.3) is 0 Å². The summed E-state index contributed by atoms with van der Waals surface area (Å²) < 4.78 is 30.7. The lowest BCUT2D eigenvalue weighted by Crippen LogP contribution is -2.45. The summed E-state index contributed by atoms with van der Waals surface area (Å²) >= 11 is 0. The van der Waals surface area contributed by atoms with E-state index in [-0.39, 0.29) is 22.8 Å². The van der Waals surface area contributed by atoms with Crippen molar-refractivity contribution in [3.63, 3.8) is 0 Å². The first-order valence-corrected chi connectivity index (χ1v) is 10.6. The van der Waals surface area contributed by atoms with Gasteiger partial charge >= 0.3 is 6.03 Å². The molecule has 1 atom stereocenters. The Morgan fingerprint density at radius 2 is 1.85 bits per heavy atom. The van der Waals surface area contributed by atoms with Crippen LogP contribution in [0.4, 0.5) is 10.5 Å². The highest BCUT2D eigenvalue weighted by atomic mass is 32.2. The molecular weight excluding hydrogens is 364 g/mol. The summed E-state index contributed by atoms with van der Waals surface area (Å²) in [5, 5.41) is 2.87. The van der Waals surface area contributed by atoms with E-state index in [4.69, 9.17) is 4.74 Å². The molecule has 2 amide bonds. The van der Waals surface area contributed by atoms with Gasteiger partial charge in [-0.25, -0.2) is 13.2 Å². The average molecular weight is 388 g/mol. The number of methoxy groups -OCH3 is 1. The number of sulfone groups is 1. The van der Waals surface area contributed by atoms with Crippen LogP contribution in [0.3, 0.4) is 0 Å². The number of rotatable bonds is 5. The van der Waals surface area contributed by atoms with E-state index in [9.17, 15) is 13.2 Å². The topological polar surface area (TPSA) is 75.7 Å². The van der Waals surface area contributed by atoms with Crippen molar-refractivity contribution in [3.05, 3.63) is 60.2 Å². The lowest BCUT2D eigenvalue weighted by atomic mass is 10.1. The van der Waals surface area contributed by atoms with Crippen molar-refractivity contribution in [2.24, 2.45) is 0 Å². The zero-order valence-corrected chi connectivity index (χ0v) is 16.1. The molecule has 6 nitrogen and oxygen atoms in total. The van der Waals surface area contributed by atoms with Crippen LogP contribution in [0.5, 0.6) is 0 Å². The molecule has 7 heteroatoms. The zero-order valence-electron chi connectivity index (χ0n) is 15.3. The van der Waals surface area contributed by atoms with Gasteiger partial charge in [-0.3, -0.25) is 0 Å². The van der Waals surface area contributed by atoms with Crippen LogP contribution < -0.4 is 5.32 Å². The van der Waals surface area contributed by atoms with E-state index in [1.807, 2.05) is 0 Å². The number of amides is 2. The number of para-hydroxylation sites is 1. The van der Waals surface area contributed by atoms with E-state index in [1.165, 1.54) is 0 Å². The second kappa shape index (κ2) is 8.54. The minimum absolute atomic E-state index is 0.0400. The van der Waals surface area contributed by atoms with Crippen molar-refractivity contribution in [2.75, 3.05) is 25.5 Å². The van der Waals surface area contributed by atoms with Crippen molar-refractivity contribution >= 4 is 21.6 Å². The van der Waals surface area contributed by atoms with Gasteiger partial charge < -0.3 is 15.0 Å². The molecule has 0 spiro atoms. The van der Waals surface area contributed by atoms with Gasteiger partial charge in [0.05, 0.1) is 16.8 Å². The molecule has 0 radical (unpaired) electrons. The Balaban J connectivity index is 1.75. The summed E-state index contributed by atoms with van der Waals surface area (Å²) in [7, 11) is -1.85. The van der Waals surface area contributed by atoms with Crippen LogP contribution in [0.15, 0.2) is 59.5 Å². The predicted molar refractivity (Wildman–Crippen MR) is 104 cm³/mol. The van der Waals surface area contributed by atoms with Crippen molar-refractivity contribution in [2.45, 2.75) is 29.6 Å². The molecule has 1 unspecified atom stereocenters. The lowest BCUT2D eigenvalue weighted by molar-refractivity contribution is 0.0458. The second-order valence-electron chi connectivity index (χ2n) is 6.61. The Morgan fingerprint density at radius 3 is 2.59 bits per heavy atom. The number of anilines is 1. The van der Waals surface area contributed by atoms with Gasteiger partial charge in [-0.2, -0.15) is 0 Å². The highest BCUT2D eigenvalue weighted by Gasteiger charge is 2.24. The maximum atomic E-state index is 12.7. The Bertz CT molecular complexity index is 884. The van der Waals surface area contributed by atoms with Gasteiger partial charge in [-0.05, 0) is 36.6 Å². The molecule has 1 saturated heterocycles. The van der Waals surface area contributed by atoms with Crippen molar-refractivity contribution in [3.8, 4) is 0 Å². The van der Waals surface area contributed by atoms with Gasteiger partial charge in [-0.1, -0.05) is 36.4 Å². The number of piperidine rings is 1. The van der Waals surface area contributed by atoms with E-state index >= 15 is 0 Å². The Morgan fingerprint density at radius 1 is 1.15 bits per heavy atom. The van der Waals surface area contributed by atoms with Crippen molar-refractivity contribution < 1.29 is 17.9 Å². The number of carbonyl (C=O) groups is 1. The number of hydrogen-bond donors (Lipinski definition) is 1. The van der Waals surface area contributed by atoms with Crippen LogP contribution in [0.1, 0.15) is 18.4 Å². The third-order valence-corrected chi connectivity index (χ3v) is 6.39. The van der Waals surface area contributed by atoms with Crippen molar-refractivity contribution in [1.82, 2.24) is 4.90 Å². The smallest absolute Gasteiger partial charge is 0.321 e. The number of likely N-dealkylation sites (tertiary alicyclic amines) is 1. The van der Waals surface area contributed by atoms with Crippen LogP contribution in [-0.4, -0.2) is 45.7 Å². The van der Waals surface area contributed by atoms with Crippen molar-refractivity contribution in [1.29, 1.82) is 0 Å². The first-order valence-electron chi connectivity index (χ1n) is 8.94. The Hall–Kier alpha value is -2.38. The number of ether oxygens (including phenoxy) is 1. The molecule has 1 aliphatic heterocycles. The van der Waals surface area contributed by atoms with E-state index in [2.05, 4.69) is 5.32 Å². The molecule has 1 heterocycles. The molecule has 0 bridgehead atoms. The Kier molecular flexibility index (Phi) is 6.13. The summed E-state index contributed by atoms with van der Waals surface area (Å²) in [5.74, 6) is -0.172. The third kappa shape index (κ3) is 4.87. The van der Waals surface area contributed by atoms with Crippen LogP contribution >= 0.6 is 0 Å². The number of hydrogen-bond acceptors (Lipinski definition) is 4. The SMILES string of the molecule is COC1CCCN(C(=O)Nc2ccccc2CS(=O)(=O)c2ccccc2)C1. The molecule has 2 aromatic rings. The minimum Gasteiger partial charge on any atom is -0.380 e. The average Bonchev–Trinajstić information content (AvgIpc) is 2.70. The highest BCUT2D eigenvalue weighted by molar-refractivity contribution is 7.90. The van der Waals surface area contributed by atoms with E-state index in [1.54, 1.807) is 66.6 Å². The fraction of sp³-hybridized carbons (Fsp3) is 0.350. The fourth-order valence-corrected chi connectivity index (χ4v) is 4.59. The van der Waals surface area contributed by atoms with Gasteiger partial charge in [0.1, 0.15) is 0 Å². The number of nitrogens with zero attached hydrogens (tertiary/aromatic N) is 1. The zero-order chi connectivity index (χ0) is 19.3. The van der Waals surface area contributed by atoms with Crippen LogP contribution in [-0.2, 0) is 20.3 Å². The number of urea groups is 1. The van der Waals surface area contributed by atoms with E-state index in [0.717, 1.165) is 12.8 Å². The maximum Gasteiger partial charge on any atom is 0.321 e. The minimum atomic E-state index is -3.49. The number of carbonyl (C=O) groups excluding carboxylic acids is 1. The summed E-state index contributed by atoms with van der Waals surface area (Å²) in [6.45, 7) is 1.20. The van der Waals surface area contributed by atoms with Gasteiger partial charge in [-0.15, -0.1) is 0 Å². The largest absolute Gasteiger partial charge is 0.380 e. The molecule has 2 aromatic carbocycles.